The Morgan fingerprint density at radius 1 is 1.60 bits per heavy atom. The molecule has 4 nitrogen and oxygen atoms in total. The summed E-state index contributed by atoms with van der Waals surface area (Å²) in [6, 6.07) is 0. The standard InChI is InChI=1S/C6H12O4/c1-3-4(7)5(8)6(9)10-2/h4-5,7-8H,3H2,1-2H3/t4-,5+/m0/s1. The molecule has 0 fully saturated rings. The minimum atomic E-state index is -1.41. The monoisotopic (exact) mass is 148 g/mol. The lowest BCUT2D eigenvalue weighted by Gasteiger charge is -2.12. The normalized spacial score (nSPS) is 16.0. The van der Waals surface area contributed by atoms with E-state index in [2.05, 4.69) is 4.74 Å². The van der Waals surface area contributed by atoms with E-state index >= 15 is 0 Å². The van der Waals surface area contributed by atoms with Gasteiger partial charge in [0.05, 0.1) is 13.2 Å². The average molecular weight is 148 g/mol. The highest BCUT2D eigenvalue weighted by Crippen LogP contribution is 1.99. The van der Waals surface area contributed by atoms with E-state index in [1.807, 2.05) is 0 Å². The Bertz CT molecular complexity index is 112. The molecular weight excluding hydrogens is 136 g/mol. The number of methoxy groups -OCH3 is 1. The summed E-state index contributed by atoms with van der Waals surface area (Å²) in [5.74, 6) is -0.797. The summed E-state index contributed by atoms with van der Waals surface area (Å²) in [7, 11) is 1.16. The summed E-state index contributed by atoms with van der Waals surface area (Å²) in [5, 5.41) is 17.7. The Balaban J connectivity index is 3.81. The molecule has 0 rings (SSSR count). The lowest BCUT2D eigenvalue weighted by Crippen LogP contribution is -2.34. The zero-order valence-electron chi connectivity index (χ0n) is 6.07. The molecular formula is C6H12O4. The van der Waals surface area contributed by atoms with Gasteiger partial charge in [0.1, 0.15) is 0 Å². The van der Waals surface area contributed by atoms with Gasteiger partial charge in [0.25, 0.3) is 0 Å². The molecule has 0 amide bonds. The van der Waals surface area contributed by atoms with Gasteiger partial charge in [-0.2, -0.15) is 0 Å². The second-order valence-corrected chi connectivity index (χ2v) is 1.94. The number of carbonyl (C=O) groups excluding carboxylic acids is 1. The third-order valence-electron chi connectivity index (χ3n) is 1.23. The van der Waals surface area contributed by atoms with Crippen LogP contribution in [0.1, 0.15) is 13.3 Å². The van der Waals surface area contributed by atoms with Crippen LogP contribution in [-0.4, -0.2) is 35.5 Å². The average Bonchev–Trinajstić information content (AvgIpc) is 2.00. The largest absolute Gasteiger partial charge is 0.467 e. The van der Waals surface area contributed by atoms with E-state index in [4.69, 9.17) is 10.2 Å². The van der Waals surface area contributed by atoms with Gasteiger partial charge >= 0.3 is 5.97 Å². The zero-order chi connectivity index (χ0) is 8.15. The molecule has 0 unspecified atom stereocenters. The van der Waals surface area contributed by atoms with E-state index in [1.165, 1.54) is 0 Å². The predicted octanol–water partition coefficient (Wildman–Crippen LogP) is -0.709. The van der Waals surface area contributed by atoms with Crippen LogP contribution in [0.15, 0.2) is 0 Å². The number of rotatable bonds is 3. The quantitative estimate of drug-likeness (QED) is 0.519. The van der Waals surface area contributed by atoms with Gasteiger partial charge in [0, 0.05) is 0 Å². The zero-order valence-corrected chi connectivity index (χ0v) is 6.07. The van der Waals surface area contributed by atoms with Crippen molar-refractivity contribution in [3.8, 4) is 0 Å². The first kappa shape index (κ1) is 9.39. The van der Waals surface area contributed by atoms with Crippen molar-refractivity contribution in [3.63, 3.8) is 0 Å². The highest BCUT2D eigenvalue weighted by molar-refractivity contribution is 5.74. The van der Waals surface area contributed by atoms with Gasteiger partial charge in [-0.15, -0.1) is 0 Å². The molecule has 0 heterocycles. The lowest BCUT2D eigenvalue weighted by molar-refractivity contribution is -0.156. The van der Waals surface area contributed by atoms with E-state index in [0.717, 1.165) is 7.11 Å². The Labute approximate surface area is 59.4 Å². The molecule has 4 heteroatoms. The molecule has 2 atom stereocenters. The summed E-state index contributed by atoms with van der Waals surface area (Å²) in [6.45, 7) is 1.66. The van der Waals surface area contributed by atoms with E-state index in [-0.39, 0.29) is 0 Å². The third kappa shape index (κ3) is 2.33. The van der Waals surface area contributed by atoms with Crippen molar-refractivity contribution in [2.75, 3.05) is 7.11 Å². The maximum absolute atomic E-state index is 10.5. The number of ether oxygens (including phenoxy) is 1. The molecule has 0 aliphatic carbocycles. The van der Waals surface area contributed by atoms with Crippen molar-refractivity contribution in [1.29, 1.82) is 0 Å². The van der Waals surface area contributed by atoms with Crippen molar-refractivity contribution in [1.82, 2.24) is 0 Å². The summed E-state index contributed by atoms with van der Waals surface area (Å²) >= 11 is 0. The van der Waals surface area contributed by atoms with Crippen molar-refractivity contribution < 1.29 is 19.7 Å². The summed E-state index contributed by atoms with van der Waals surface area (Å²) in [6.07, 6.45) is -2.10. The minimum absolute atomic E-state index is 0.330. The van der Waals surface area contributed by atoms with Gasteiger partial charge < -0.3 is 14.9 Å². The van der Waals surface area contributed by atoms with Crippen molar-refractivity contribution in [2.45, 2.75) is 25.6 Å². The summed E-state index contributed by atoms with van der Waals surface area (Å²) in [4.78, 5) is 10.5. The molecule has 0 aliphatic heterocycles. The lowest BCUT2D eigenvalue weighted by atomic mass is 10.1. The highest BCUT2D eigenvalue weighted by Gasteiger charge is 2.22. The summed E-state index contributed by atoms with van der Waals surface area (Å²) < 4.78 is 4.19. The van der Waals surface area contributed by atoms with Gasteiger partial charge in [0.15, 0.2) is 6.10 Å². The maximum atomic E-state index is 10.5. The van der Waals surface area contributed by atoms with Crippen LogP contribution in [-0.2, 0) is 9.53 Å². The second kappa shape index (κ2) is 4.24. The fourth-order valence-electron chi connectivity index (χ4n) is 0.501. The van der Waals surface area contributed by atoms with E-state index in [9.17, 15) is 4.79 Å². The number of aliphatic hydroxyl groups is 2. The van der Waals surface area contributed by atoms with Crippen molar-refractivity contribution in [3.05, 3.63) is 0 Å². The second-order valence-electron chi connectivity index (χ2n) is 1.94. The fraction of sp³-hybridized carbons (Fsp3) is 0.833. The molecule has 0 aromatic heterocycles. The van der Waals surface area contributed by atoms with Gasteiger partial charge in [-0.25, -0.2) is 4.79 Å². The van der Waals surface area contributed by atoms with Crippen molar-refractivity contribution >= 4 is 5.97 Å². The van der Waals surface area contributed by atoms with Gasteiger partial charge in [-0.3, -0.25) is 0 Å². The van der Waals surface area contributed by atoms with E-state index in [0.29, 0.717) is 6.42 Å². The van der Waals surface area contributed by atoms with Crippen molar-refractivity contribution in [2.24, 2.45) is 0 Å². The molecule has 0 aromatic carbocycles. The van der Waals surface area contributed by atoms with Crippen LogP contribution in [0.2, 0.25) is 0 Å². The fourth-order valence-corrected chi connectivity index (χ4v) is 0.501. The SMILES string of the molecule is CC[C@H](O)[C@@H](O)C(=O)OC. The summed E-state index contributed by atoms with van der Waals surface area (Å²) in [5.41, 5.74) is 0. The molecule has 2 N–H and O–H groups in total. The smallest absolute Gasteiger partial charge is 0.337 e. The topological polar surface area (TPSA) is 66.8 Å². The minimum Gasteiger partial charge on any atom is -0.467 e. The first-order valence-electron chi connectivity index (χ1n) is 3.07. The number of esters is 1. The van der Waals surface area contributed by atoms with Crippen LogP contribution in [0.5, 0.6) is 0 Å². The van der Waals surface area contributed by atoms with Crippen LogP contribution >= 0.6 is 0 Å². The van der Waals surface area contributed by atoms with Gasteiger partial charge in [0.2, 0.25) is 0 Å². The van der Waals surface area contributed by atoms with Crippen LogP contribution in [0, 0.1) is 0 Å². The highest BCUT2D eigenvalue weighted by atomic mass is 16.5. The first-order valence-corrected chi connectivity index (χ1v) is 3.07. The number of hydrogen-bond donors (Lipinski definition) is 2. The molecule has 60 valence electrons. The van der Waals surface area contributed by atoms with Crippen LogP contribution in [0.25, 0.3) is 0 Å². The molecule has 0 saturated heterocycles. The Kier molecular flexibility index (Phi) is 3.99. The van der Waals surface area contributed by atoms with Crippen LogP contribution in [0.3, 0.4) is 0 Å². The molecule has 0 spiro atoms. The number of aliphatic hydroxyl groups excluding tert-OH is 2. The predicted molar refractivity (Wildman–Crippen MR) is 34.3 cm³/mol. The van der Waals surface area contributed by atoms with Crippen LogP contribution in [0.4, 0.5) is 0 Å². The third-order valence-corrected chi connectivity index (χ3v) is 1.23. The Morgan fingerprint density at radius 3 is 2.40 bits per heavy atom. The molecule has 0 aromatic rings. The van der Waals surface area contributed by atoms with E-state index < -0.39 is 18.2 Å². The maximum Gasteiger partial charge on any atom is 0.337 e. The molecule has 0 radical (unpaired) electrons. The van der Waals surface area contributed by atoms with Gasteiger partial charge in [-0.05, 0) is 6.42 Å². The molecule has 0 saturated carbocycles. The molecule has 10 heavy (non-hydrogen) atoms. The Morgan fingerprint density at radius 2 is 2.10 bits per heavy atom. The van der Waals surface area contributed by atoms with E-state index in [1.54, 1.807) is 6.92 Å². The van der Waals surface area contributed by atoms with Gasteiger partial charge in [-0.1, -0.05) is 6.92 Å². The first-order chi connectivity index (χ1) is 4.63. The number of hydrogen-bond acceptors (Lipinski definition) is 4. The van der Waals surface area contributed by atoms with Crippen LogP contribution < -0.4 is 0 Å². The number of carbonyl (C=O) groups is 1. The molecule has 0 aliphatic rings. The molecule has 0 bridgehead atoms. The Hall–Kier alpha value is -0.610.